The molecule has 0 N–H and O–H groups in total. The van der Waals surface area contributed by atoms with Crippen molar-refractivity contribution in [2.45, 2.75) is 36.2 Å². The minimum absolute atomic E-state index is 0.0540. The summed E-state index contributed by atoms with van der Waals surface area (Å²) in [5.74, 6) is -0.529. The highest BCUT2D eigenvalue weighted by Gasteiger charge is 2.36. The van der Waals surface area contributed by atoms with E-state index < -0.39 is 17.7 Å². The molecule has 1 aliphatic rings. The molecule has 0 heterocycles. The van der Waals surface area contributed by atoms with Crippen molar-refractivity contribution in [3.63, 3.8) is 0 Å². The number of hydrogen-bond donors (Lipinski definition) is 0. The second kappa shape index (κ2) is 5.44. The van der Waals surface area contributed by atoms with E-state index in [9.17, 15) is 18.0 Å². The van der Waals surface area contributed by atoms with E-state index in [0.29, 0.717) is 12.0 Å². The van der Waals surface area contributed by atoms with E-state index >= 15 is 0 Å². The third kappa shape index (κ3) is 3.14. The van der Waals surface area contributed by atoms with Gasteiger partial charge in [-0.05, 0) is 30.5 Å². The van der Waals surface area contributed by atoms with Crippen LogP contribution in [0.4, 0.5) is 13.2 Å². The van der Waals surface area contributed by atoms with Crippen molar-refractivity contribution in [2.75, 3.05) is 0 Å². The predicted octanol–water partition coefficient (Wildman–Crippen LogP) is 4.96. The Labute approximate surface area is 122 Å². The Hall–Kier alpha value is -0.550. The first kappa shape index (κ1) is 14.9. The van der Waals surface area contributed by atoms with Crippen molar-refractivity contribution in [1.82, 2.24) is 0 Å². The van der Waals surface area contributed by atoms with E-state index in [0.717, 1.165) is 18.9 Å². The highest BCUT2D eigenvalue weighted by molar-refractivity contribution is 9.10. The number of carbonyl (C=O) groups is 1. The molecule has 2 rings (SSSR count). The summed E-state index contributed by atoms with van der Waals surface area (Å²) in [4.78, 5) is 11.7. The normalized spacial score (nSPS) is 24.6. The van der Waals surface area contributed by atoms with Crippen molar-refractivity contribution < 1.29 is 18.0 Å². The topological polar surface area (TPSA) is 17.1 Å². The van der Waals surface area contributed by atoms with Crippen LogP contribution in [0.25, 0.3) is 0 Å². The Morgan fingerprint density at radius 3 is 2.58 bits per heavy atom. The molecule has 0 aromatic heterocycles. The van der Waals surface area contributed by atoms with Crippen LogP contribution < -0.4 is 0 Å². The Bertz CT molecular complexity index is 501. The fourth-order valence-electron chi connectivity index (χ4n) is 2.31. The summed E-state index contributed by atoms with van der Waals surface area (Å²) in [6.07, 6.45) is -2.37. The van der Waals surface area contributed by atoms with E-state index in [-0.39, 0.29) is 15.6 Å². The maximum Gasteiger partial charge on any atom is 0.417 e. The number of Topliss-reactive ketones (excluding diaryl/α,β-unsaturated/α-hetero) is 1. The molecule has 1 fully saturated rings. The lowest BCUT2D eigenvalue weighted by molar-refractivity contribution is -0.137. The molecule has 1 aromatic carbocycles. The molecule has 1 aliphatic carbocycles. The number of benzene rings is 1. The second-order valence-corrected chi connectivity index (χ2v) is 6.10. The quantitative estimate of drug-likeness (QED) is 0.651. The van der Waals surface area contributed by atoms with Gasteiger partial charge in [-0.2, -0.15) is 13.2 Å². The lowest BCUT2D eigenvalue weighted by Gasteiger charge is -2.25. The first-order valence-electron chi connectivity index (χ1n) is 5.85. The highest BCUT2D eigenvalue weighted by Crippen LogP contribution is 2.39. The highest BCUT2D eigenvalue weighted by atomic mass is 79.9. The summed E-state index contributed by atoms with van der Waals surface area (Å²) < 4.78 is 38.4. The summed E-state index contributed by atoms with van der Waals surface area (Å²) in [6, 6.07) is 3.71. The van der Waals surface area contributed by atoms with Crippen LogP contribution in [0.15, 0.2) is 18.2 Å². The molecule has 0 radical (unpaired) electrons. The summed E-state index contributed by atoms with van der Waals surface area (Å²) >= 11 is 8.84. The van der Waals surface area contributed by atoms with Gasteiger partial charge in [0.05, 0.1) is 15.4 Å². The molecule has 19 heavy (non-hydrogen) atoms. The summed E-state index contributed by atoms with van der Waals surface area (Å²) in [5.41, 5.74) is -0.484. The van der Waals surface area contributed by atoms with Gasteiger partial charge in [-0.25, -0.2) is 0 Å². The lowest BCUT2D eigenvalue weighted by Crippen LogP contribution is -2.27. The SMILES string of the molecule is O=C1C(Br)CCCC1c1ccc(Cl)c(C(F)(F)F)c1. The molecule has 2 unspecified atom stereocenters. The zero-order valence-electron chi connectivity index (χ0n) is 9.81. The standard InChI is InChI=1S/C13H11BrClF3O/c14-10-3-1-2-8(12(10)19)7-4-5-11(15)9(6-7)13(16,17)18/h4-6,8,10H,1-3H2. The van der Waals surface area contributed by atoms with Gasteiger partial charge in [-0.1, -0.05) is 40.0 Å². The zero-order chi connectivity index (χ0) is 14.2. The van der Waals surface area contributed by atoms with Crippen LogP contribution in [0, 0.1) is 0 Å². The molecule has 1 saturated carbocycles. The molecule has 2 atom stereocenters. The van der Waals surface area contributed by atoms with Crippen LogP contribution in [0.5, 0.6) is 0 Å². The van der Waals surface area contributed by atoms with Crippen LogP contribution >= 0.6 is 27.5 Å². The first-order chi connectivity index (χ1) is 8.80. The minimum atomic E-state index is -4.50. The number of alkyl halides is 4. The molecule has 104 valence electrons. The van der Waals surface area contributed by atoms with Gasteiger partial charge in [-0.3, -0.25) is 4.79 Å². The summed E-state index contributed by atoms with van der Waals surface area (Å²) in [7, 11) is 0. The third-order valence-corrected chi connectivity index (χ3v) is 4.54. The summed E-state index contributed by atoms with van der Waals surface area (Å²) in [5, 5.41) is -0.338. The van der Waals surface area contributed by atoms with Crippen LogP contribution in [-0.4, -0.2) is 10.6 Å². The molecule has 0 aliphatic heterocycles. The Morgan fingerprint density at radius 2 is 1.95 bits per heavy atom. The molecule has 0 spiro atoms. The van der Waals surface area contributed by atoms with Gasteiger partial charge < -0.3 is 0 Å². The second-order valence-electron chi connectivity index (χ2n) is 4.59. The monoisotopic (exact) mass is 354 g/mol. The van der Waals surface area contributed by atoms with Gasteiger partial charge in [0.15, 0.2) is 5.78 Å². The van der Waals surface area contributed by atoms with Crippen molar-refractivity contribution in [3.05, 3.63) is 34.3 Å². The number of ketones is 1. The lowest BCUT2D eigenvalue weighted by atomic mass is 9.82. The van der Waals surface area contributed by atoms with Crippen molar-refractivity contribution in [1.29, 1.82) is 0 Å². The van der Waals surface area contributed by atoms with Crippen LogP contribution in [0.3, 0.4) is 0 Å². The van der Waals surface area contributed by atoms with E-state index in [2.05, 4.69) is 15.9 Å². The Balaban J connectivity index is 2.38. The van der Waals surface area contributed by atoms with E-state index in [4.69, 9.17) is 11.6 Å². The van der Waals surface area contributed by atoms with Gasteiger partial charge in [0.1, 0.15) is 0 Å². The van der Waals surface area contributed by atoms with Gasteiger partial charge in [0.25, 0.3) is 0 Å². The van der Waals surface area contributed by atoms with E-state index in [1.54, 1.807) is 0 Å². The zero-order valence-corrected chi connectivity index (χ0v) is 12.1. The molecular formula is C13H11BrClF3O. The smallest absolute Gasteiger partial charge is 0.298 e. The van der Waals surface area contributed by atoms with Crippen molar-refractivity contribution in [3.8, 4) is 0 Å². The summed E-state index contributed by atoms with van der Waals surface area (Å²) in [6.45, 7) is 0. The molecule has 1 aromatic rings. The Morgan fingerprint density at radius 1 is 1.26 bits per heavy atom. The fourth-order valence-corrected chi connectivity index (χ4v) is 3.18. The van der Waals surface area contributed by atoms with Gasteiger partial charge in [0.2, 0.25) is 0 Å². The number of halogens is 5. The van der Waals surface area contributed by atoms with Crippen molar-refractivity contribution >= 4 is 33.3 Å². The Kier molecular flexibility index (Phi) is 4.26. The molecule has 1 nitrogen and oxygen atoms in total. The maximum atomic E-state index is 12.8. The molecule has 0 amide bonds. The van der Waals surface area contributed by atoms with E-state index in [1.165, 1.54) is 12.1 Å². The average Bonchev–Trinajstić information content (AvgIpc) is 2.32. The van der Waals surface area contributed by atoms with Gasteiger partial charge in [-0.15, -0.1) is 0 Å². The number of rotatable bonds is 1. The minimum Gasteiger partial charge on any atom is -0.298 e. The predicted molar refractivity (Wildman–Crippen MR) is 70.8 cm³/mol. The molecule has 0 bridgehead atoms. The van der Waals surface area contributed by atoms with Gasteiger partial charge in [0, 0.05) is 5.92 Å². The van der Waals surface area contributed by atoms with Crippen LogP contribution in [0.2, 0.25) is 5.02 Å². The number of carbonyl (C=O) groups excluding carboxylic acids is 1. The molecule has 6 heteroatoms. The van der Waals surface area contributed by atoms with Crippen molar-refractivity contribution in [2.24, 2.45) is 0 Å². The first-order valence-corrected chi connectivity index (χ1v) is 7.14. The molecular weight excluding hydrogens is 344 g/mol. The maximum absolute atomic E-state index is 12.8. The third-order valence-electron chi connectivity index (χ3n) is 3.30. The number of hydrogen-bond acceptors (Lipinski definition) is 1. The van der Waals surface area contributed by atoms with Crippen LogP contribution in [-0.2, 0) is 11.0 Å². The van der Waals surface area contributed by atoms with Gasteiger partial charge >= 0.3 is 6.18 Å². The average molecular weight is 356 g/mol. The largest absolute Gasteiger partial charge is 0.417 e. The van der Waals surface area contributed by atoms with Crippen LogP contribution in [0.1, 0.15) is 36.3 Å². The fraction of sp³-hybridized carbons (Fsp3) is 0.462. The molecule has 0 saturated heterocycles. The van der Waals surface area contributed by atoms with E-state index in [1.807, 2.05) is 0 Å².